The molecule has 0 aliphatic carbocycles. The fourth-order valence-electron chi connectivity index (χ4n) is 1.05. The molecule has 0 atom stereocenters. The Hall–Kier alpha value is -1.09. The number of esters is 1. The highest BCUT2D eigenvalue weighted by molar-refractivity contribution is 6.31. The van der Waals surface area contributed by atoms with Crippen molar-refractivity contribution in [2.45, 2.75) is 20.3 Å². The molecule has 0 aliphatic heterocycles. The lowest BCUT2D eigenvalue weighted by Crippen LogP contribution is -2.09. The molecule has 0 N–H and O–H groups in total. The van der Waals surface area contributed by atoms with E-state index in [0.29, 0.717) is 17.3 Å². The smallest absolute Gasteiger partial charge is 0.311 e. The Labute approximate surface area is 88.1 Å². The Morgan fingerprint density at radius 3 is 2.86 bits per heavy atom. The molecule has 1 aromatic rings. The summed E-state index contributed by atoms with van der Waals surface area (Å²) in [7, 11) is 0. The summed E-state index contributed by atoms with van der Waals surface area (Å²) in [6.07, 6.45) is 0.200. The molecule has 0 spiro atoms. The second-order valence-corrected chi connectivity index (χ2v) is 3.26. The van der Waals surface area contributed by atoms with Crippen LogP contribution >= 0.6 is 11.6 Å². The van der Waals surface area contributed by atoms with Crippen LogP contribution in [0.15, 0.2) is 12.1 Å². The van der Waals surface area contributed by atoms with Gasteiger partial charge >= 0.3 is 5.97 Å². The molecule has 0 saturated carbocycles. The van der Waals surface area contributed by atoms with Gasteiger partial charge in [-0.1, -0.05) is 11.6 Å². The van der Waals surface area contributed by atoms with E-state index < -0.39 is 0 Å². The van der Waals surface area contributed by atoms with Crippen LogP contribution in [0.1, 0.15) is 18.3 Å². The number of hydrogen-bond donors (Lipinski definition) is 0. The van der Waals surface area contributed by atoms with E-state index in [2.05, 4.69) is 4.98 Å². The Balaban J connectivity index is 2.68. The SMILES string of the molecule is CCOC(=O)Cc1ccc(Cl)c(C)n1. The van der Waals surface area contributed by atoms with Gasteiger partial charge in [0.05, 0.1) is 29.4 Å². The van der Waals surface area contributed by atoms with Crippen molar-refractivity contribution in [3.05, 3.63) is 28.5 Å². The summed E-state index contributed by atoms with van der Waals surface area (Å²) in [4.78, 5) is 15.3. The molecule has 0 aromatic carbocycles. The van der Waals surface area contributed by atoms with Crippen LogP contribution in [-0.4, -0.2) is 17.6 Å². The largest absolute Gasteiger partial charge is 0.466 e. The minimum absolute atomic E-state index is 0.200. The molecule has 14 heavy (non-hydrogen) atoms. The molecule has 0 unspecified atom stereocenters. The Morgan fingerprint density at radius 1 is 1.57 bits per heavy atom. The van der Waals surface area contributed by atoms with Crippen molar-refractivity contribution in [1.29, 1.82) is 0 Å². The molecule has 1 heterocycles. The van der Waals surface area contributed by atoms with E-state index in [9.17, 15) is 4.79 Å². The summed E-state index contributed by atoms with van der Waals surface area (Å²) in [5, 5.41) is 0.609. The molecule has 3 nitrogen and oxygen atoms in total. The van der Waals surface area contributed by atoms with Crippen LogP contribution < -0.4 is 0 Å². The van der Waals surface area contributed by atoms with Crippen molar-refractivity contribution in [2.24, 2.45) is 0 Å². The first-order valence-electron chi connectivity index (χ1n) is 4.41. The maximum atomic E-state index is 11.1. The molecule has 0 saturated heterocycles. The highest BCUT2D eigenvalue weighted by atomic mass is 35.5. The highest BCUT2D eigenvalue weighted by Crippen LogP contribution is 2.13. The number of aryl methyl sites for hydroxylation is 1. The summed E-state index contributed by atoms with van der Waals surface area (Å²) in [6, 6.07) is 3.46. The first-order valence-corrected chi connectivity index (χ1v) is 4.79. The Morgan fingerprint density at radius 2 is 2.29 bits per heavy atom. The predicted molar refractivity (Wildman–Crippen MR) is 54.3 cm³/mol. The van der Waals surface area contributed by atoms with Gasteiger partial charge in [0.1, 0.15) is 0 Å². The number of nitrogens with zero attached hydrogens (tertiary/aromatic N) is 1. The van der Waals surface area contributed by atoms with Crippen LogP contribution in [-0.2, 0) is 16.0 Å². The second kappa shape index (κ2) is 4.96. The predicted octanol–water partition coefficient (Wildman–Crippen LogP) is 2.15. The van der Waals surface area contributed by atoms with Crippen molar-refractivity contribution in [1.82, 2.24) is 4.98 Å². The average Bonchev–Trinajstić information content (AvgIpc) is 2.12. The van der Waals surface area contributed by atoms with Crippen LogP contribution in [0.25, 0.3) is 0 Å². The molecule has 0 aliphatic rings. The normalized spacial score (nSPS) is 9.93. The molecule has 1 aromatic heterocycles. The highest BCUT2D eigenvalue weighted by Gasteiger charge is 2.06. The first-order chi connectivity index (χ1) is 6.63. The lowest BCUT2D eigenvalue weighted by molar-refractivity contribution is -0.142. The summed E-state index contributed by atoms with van der Waals surface area (Å²) >= 11 is 5.80. The summed E-state index contributed by atoms with van der Waals surface area (Å²) in [5.74, 6) is -0.262. The van der Waals surface area contributed by atoms with Crippen LogP contribution in [0.2, 0.25) is 5.02 Å². The lowest BCUT2D eigenvalue weighted by atomic mass is 10.2. The standard InChI is InChI=1S/C10H12ClNO2/c1-3-14-10(13)6-8-4-5-9(11)7(2)12-8/h4-5H,3,6H2,1-2H3. The van der Waals surface area contributed by atoms with Crippen LogP contribution in [0, 0.1) is 6.92 Å². The number of halogens is 1. The zero-order valence-corrected chi connectivity index (χ0v) is 8.97. The van der Waals surface area contributed by atoms with Crippen LogP contribution in [0.3, 0.4) is 0 Å². The van der Waals surface area contributed by atoms with Crippen molar-refractivity contribution >= 4 is 17.6 Å². The number of rotatable bonds is 3. The summed E-state index contributed by atoms with van der Waals surface area (Å²) in [6.45, 7) is 3.97. The average molecular weight is 214 g/mol. The van der Waals surface area contributed by atoms with Gasteiger partial charge in [0, 0.05) is 0 Å². The molecule has 0 fully saturated rings. The van der Waals surface area contributed by atoms with E-state index in [1.807, 2.05) is 0 Å². The zero-order valence-electron chi connectivity index (χ0n) is 8.21. The summed E-state index contributed by atoms with van der Waals surface area (Å²) in [5.41, 5.74) is 1.42. The Bertz CT molecular complexity index is 339. The maximum Gasteiger partial charge on any atom is 0.311 e. The van der Waals surface area contributed by atoms with Crippen molar-refractivity contribution in [3.8, 4) is 0 Å². The second-order valence-electron chi connectivity index (χ2n) is 2.85. The topological polar surface area (TPSA) is 39.2 Å². The molecule has 76 valence electrons. The van der Waals surface area contributed by atoms with Gasteiger partial charge in [0.2, 0.25) is 0 Å². The minimum atomic E-state index is -0.262. The van der Waals surface area contributed by atoms with Gasteiger partial charge in [-0.3, -0.25) is 9.78 Å². The van der Waals surface area contributed by atoms with E-state index in [4.69, 9.17) is 16.3 Å². The van der Waals surface area contributed by atoms with Crippen molar-refractivity contribution in [3.63, 3.8) is 0 Å². The third-order valence-corrected chi connectivity index (χ3v) is 2.11. The number of carbonyl (C=O) groups excluding carboxylic acids is 1. The van der Waals surface area contributed by atoms with Gasteiger partial charge in [-0.25, -0.2) is 0 Å². The molecule has 1 rings (SSSR count). The third kappa shape index (κ3) is 3.00. The van der Waals surface area contributed by atoms with Gasteiger partial charge in [-0.2, -0.15) is 0 Å². The van der Waals surface area contributed by atoms with E-state index >= 15 is 0 Å². The fourth-order valence-corrected chi connectivity index (χ4v) is 1.16. The first kappa shape index (κ1) is 11.0. The van der Waals surface area contributed by atoms with Gasteiger partial charge in [-0.05, 0) is 26.0 Å². The fraction of sp³-hybridized carbons (Fsp3) is 0.400. The van der Waals surface area contributed by atoms with Gasteiger partial charge in [0.25, 0.3) is 0 Å². The molecular weight excluding hydrogens is 202 g/mol. The van der Waals surface area contributed by atoms with E-state index in [0.717, 1.165) is 5.69 Å². The van der Waals surface area contributed by atoms with E-state index in [1.54, 1.807) is 26.0 Å². The van der Waals surface area contributed by atoms with E-state index in [-0.39, 0.29) is 12.4 Å². The van der Waals surface area contributed by atoms with Crippen LogP contribution in [0.4, 0.5) is 0 Å². The zero-order chi connectivity index (χ0) is 10.6. The van der Waals surface area contributed by atoms with Gasteiger partial charge in [-0.15, -0.1) is 0 Å². The quantitative estimate of drug-likeness (QED) is 0.723. The number of aromatic nitrogens is 1. The van der Waals surface area contributed by atoms with Gasteiger partial charge < -0.3 is 4.74 Å². The number of ether oxygens (including phenoxy) is 1. The number of pyridine rings is 1. The molecular formula is C10H12ClNO2. The van der Waals surface area contributed by atoms with E-state index in [1.165, 1.54) is 0 Å². The van der Waals surface area contributed by atoms with Gasteiger partial charge in [0.15, 0.2) is 0 Å². The lowest BCUT2D eigenvalue weighted by Gasteiger charge is -2.03. The molecule has 0 amide bonds. The third-order valence-electron chi connectivity index (χ3n) is 1.71. The minimum Gasteiger partial charge on any atom is -0.466 e. The molecule has 4 heteroatoms. The monoisotopic (exact) mass is 213 g/mol. The van der Waals surface area contributed by atoms with Crippen LogP contribution in [0.5, 0.6) is 0 Å². The number of hydrogen-bond acceptors (Lipinski definition) is 3. The molecule has 0 bridgehead atoms. The maximum absolute atomic E-state index is 11.1. The van der Waals surface area contributed by atoms with Crippen molar-refractivity contribution in [2.75, 3.05) is 6.61 Å². The summed E-state index contributed by atoms with van der Waals surface area (Å²) < 4.78 is 4.80. The number of carbonyl (C=O) groups is 1. The molecule has 0 radical (unpaired) electrons. The van der Waals surface area contributed by atoms with Crippen molar-refractivity contribution < 1.29 is 9.53 Å². The Kier molecular flexibility index (Phi) is 3.89.